The number of hydrogen-bond donors (Lipinski definition) is 0. The van der Waals surface area contributed by atoms with Gasteiger partial charge in [0.05, 0.1) is 6.61 Å². The maximum Gasteiger partial charge on any atom is 0.422 e. The normalized spacial score (nSPS) is 11.4. The number of halogens is 10. The van der Waals surface area contributed by atoms with E-state index in [1.807, 2.05) is 0 Å². The monoisotopic (exact) mass is 768 g/mol. The number of ether oxygens (including phenoxy) is 3. The molecule has 0 bridgehead atoms. The van der Waals surface area contributed by atoms with E-state index in [2.05, 4.69) is 36.6 Å². The lowest BCUT2D eigenvalue weighted by atomic mass is 10.1. The molecule has 0 aromatic heterocycles. The van der Waals surface area contributed by atoms with Crippen LogP contribution in [0, 0.1) is 11.6 Å². The summed E-state index contributed by atoms with van der Waals surface area (Å²) in [6, 6.07) is 19.9. The first kappa shape index (κ1) is 35.8. The Morgan fingerprint density at radius 3 is 1.62 bits per heavy atom. The lowest BCUT2D eigenvalue weighted by Gasteiger charge is -2.17. The molecule has 0 fully saturated rings. The number of carbonyl (C=O) groups is 1. The van der Waals surface area contributed by atoms with Crippen LogP contribution in [0.1, 0.15) is 39.5 Å². The summed E-state index contributed by atoms with van der Waals surface area (Å²) < 4.78 is 121. The molecule has 0 saturated carbocycles. The first-order valence-electron chi connectivity index (χ1n) is 12.8. The van der Waals surface area contributed by atoms with Gasteiger partial charge in [0.25, 0.3) is 0 Å². The summed E-state index contributed by atoms with van der Waals surface area (Å²) in [5.74, 6) is -5.53. The summed E-state index contributed by atoms with van der Waals surface area (Å²) in [4.78, 5) is 11.8. The van der Waals surface area contributed by atoms with Gasteiger partial charge in [-0.2, -0.15) is 26.3 Å². The van der Waals surface area contributed by atoms with Gasteiger partial charge in [-0.15, -0.1) is 0 Å². The van der Waals surface area contributed by atoms with Crippen LogP contribution in [0.5, 0.6) is 11.5 Å². The van der Waals surface area contributed by atoms with E-state index in [1.165, 1.54) is 6.92 Å². The van der Waals surface area contributed by atoms with Crippen LogP contribution in [0.3, 0.4) is 0 Å². The maximum atomic E-state index is 14.5. The van der Waals surface area contributed by atoms with Gasteiger partial charge < -0.3 is 14.2 Å². The van der Waals surface area contributed by atoms with Crippen molar-refractivity contribution in [2.75, 3.05) is 6.61 Å². The van der Waals surface area contributed by atoms with E-state index in [4.69, 9.17) is 9.47 Å². The molecule has 0 aliphatic heterocycles. The van der Waals surface area contributed by atoms with Crippen molar-refractivity contribution in [1.29, 1.82) is 0 Å². The lowest BCUT2D eigenvalue weighted by Crippen LogP contribution is -2.17. The molecule has 0 N–H and O–H groups in total. The highest BCUT2D eigenvalue weighted by Gasteiger charge is 2.41. The van der Waals surface area contributed by atoms with Gasteiger partial charge in [-0.25, -0.2) is 13.6 Å². The number of carbonyl (C=O) groups excluding carboxylic acids is 1. The molecular formula is C31H22Br2F8O4. The van der Waals surface area contributed by atoms with E-state index >= 15 is 0 Å². The number of rotatable bonds is 8. The summed E-state index contributed by atoms with van der Waals surface area (Å²) in [6.07, 6.45) is -9.85. The second-order valence-electron chi connectivity index (χ2n) is 8.95. The van der Waals surface area contributed by atoms with Gasteiger partial charge >= 0.3 is 18.3 Å². The molecule has 0 aliphatic carbocycles. The maximum absolute atomic E-state index is 14.5. The molecule has 4 aromatic rings. The predicted molar refractivity (Wildman–Crippen MR) is 156 cm³/mol. The third-order valence-corrected chi connectivity index (χ3v) is 6.80. The first-order valence-corrected chi connectivity index (χ1v) is 14.4. The zero-order valence-electron chi connectivity index (χ0n) is 23.0. The van der Waals surface area contributed by atoms with Crippen molar-refractivity contribution >= 4 is 37.8 Å². The zero-order chi connectivity index (χ0) is 33.4. The van der Waals surface area contributed by atoms with Crippen LogP contribution in [0.4, 0.5) is 35.1 Å². The average molecular weight is 770 g/mol. The molecule has 0 heterocycles. The topological polar surface area (TPSA) is 44.8 Å². The summed E-state index contributed by atoms with van der Waals surface area (Å²) in [5, 5.41) is 0. The summed E-state index contributed by atoms with van der Waals surface area (Å²) >= 11 is 5.86. The summed E-state index contributed by atoms with van der Waals surface area (Å²) in [6.45, 7) is 1.11. The van der Waals surface area contributed by atoms with Crippen molar-refractivity contribution < 1.29 is 54.1 Å². The van der Waals surface area contributed by atoms with Crippen molar-refractivity contribution in [2.24, 2.45) is 0 Å². The van der Waals surface area contributed by atoms with E-state index in [0.717, 1.165) is 18.2 Å². The van der Waals surface area contributed by atoms with Crippen molar-refractivity contribution in [1.82, 2.24) is 0 Å². The van der Waals surface area contributed by atoms with Crippen molar-refractivity contribution in [3.05, 3.63) is 127 Å². The van der Waals surface area contributed by atoms with E-state index in [9.17, 15) is 39.9 Å². The Kier molecular flexibility index (Phi) is 12.4. The molecule has 0 unspecified atom stereocenters. The van der Waals surface area contributed by atoms with Crippen LogP contribution in [0.2, 0.25) is 0 Å². The Balaban J connectivity index is 0.000000251. The fourth-order valence-electron chi connectivity index (χ4n) is 3.78. The zero-order valence-corrected chi connectivity index (χ0v) is 26.2. The molecule has 4 rings (SSSR count). The van der Waals surface area contributed by atoms with Gasteiger partial charge in [0.1, 0.15) is 47.2 Å². The van der Waals surface area contributed by atoms with Crippen LogP contribution >= 0.6 is 31.9 Å². The summed E-state index contributed by atoms with van der Waals surface area (Å²) in [5.41, 5.74) is -2.55. The second-order valence-corrected chi connectivity index (χ2v) is 10.7. The van der Waals surface area contributed by atoms with Crippen LogP contribution in [-0.2, 0) is 30.3 Å². The first-order chi connectivity index (χ1) is 21.1. The standard InChI is InChI=1S/C17H13BrF4O3.C14H9BrF4O/c1-2-24-16(23)13-11(18)8-12(14(15(13)19)17(20,21)22)25-9-10-6-4-3-5-7-10;15-10-6-11(16)13(14(17,18)19)12(7-10)20-8-9-4-2-1-3-5-9/h3-8H,2,9H2,1H3;1-7H,8H2. The highest BCUT2D eigenvalue weighted by molar-refractivity contribution is 9.10. The van der Waals surface area contributed by atoms with Gasteiger partial charge in [0, 0.05) is 8.95 Å². The molecule has 4 nitrogen and oxygen atoms in total. The highest BCUT2D eigenvalue weighted by atomic mass is 79.9. The number of benzene rings is 4. The average Bonchev–Trinajstić information content (AvgIpc) is 2.94. The minimum absolute atomic E-state index is 0.0696. The second kappa shape index (κ2) is 15.6. The fourth-order valence-corrected chi connectivity index (χ4v) is 4.73. The minimum Gasteiger partial charge on any atom is -0.488 e. The molecule has 0 aliphatic rings. The minimum atomic E-state index is -5.04. The van der Waals surface area contributed by atoms with Crippen molar-refractivity contribution in [3.63, 3.8) is 0 Å². The van der Waals surface area contributed by atoms with E-state index in [-0.39, 0.29) is 28.8 Å². The molecule has 0 atom stereocenters. The Bertz CT molecular complexity index is 1600. The van der Waals surface area contributed by atoms with E-state index < -0.39 is 58.1 Å². The Morgan fingerprint density at radius 1 is 0.711 bits per heavy atom. The molecular weight excluding hydrogens is 748 g/mol. The fraction of sp³-hybridized carbons (Fsp3) is 0.194. The molecule has 240 valence electrons. The lowest BCUT2D eigenvalue weighted by molar-refractivity contribution is -0.142. The Labute approximate surface area is 269 Å². The van der Waals surface area contributed by atoms with Crippen molar-refractivity contribution in [3.8, 4) is 11.5 Å². The third kappa shape index (κ3) is 9.92. The van der Waals surface area contributed by atoms with Crippen molar-refractivity contribution in [2.45, 2.75) is 32.5 Å². The number of hydrogen-bond acceptors (Lipinski definition) is 4. The summed E-state index contributed by atoms with van der Waals surface area (Å²) in [7, 11) is 0. The van der Waals surface area contributed by atoms with Crippen LogP contribution < -0.4 is 9.47 Å². The smallest absolute Gasteiger partial charge is 0.422 e. The van der Waals surface area contributed by atoms with E-state index in [0.29, 0.717) is 11.1 Å². The molecule has 0 amide bonds. The molecule has 45 heavy (non-hydrogen) atoms. The molecule has 0 saturated heterocycles. The SMILES string of the molecule is CCOC(=O)c1c(Br)cc(OCc2ccccc2)c(C(F)(F)F)c1F.Fc1cc(Br)cc(OCc2ccccc2)c1C(F)(F)F. The molecule has 4 aromatic carbocycles. The van der Waals surface area contributed by atoms with Gasteiger partial charge in [0.2, 0.25) is 0 Å². The highest BCUT2D eigenvalue weighted by Crippen LogP contribution is 2.43. The third-order valence-electron chi connectivity index (χ3n) is 5.72. The van der Waals surface area contributed by atoms with Gasteiger partial charge in [0.15, 0.2) is 5.82 Å². The van der Waals surface area contributed by atoms with Gasteiger partial charge in [-0.1, -0.05) is 76.6 Å². The van der Waals surface area contributed by atoms with Crippen LogP contribution in [0.25, 0.3) is 0 Å². The van der Waals surface area contributed by atoms with Crippen LogP contribution in [-0.4, -0.2) is 12.6 Å². The van der Waals surface area contributed by atoms with E-state index in [1.54, 1.807) is 60.7 Å². The number of alkyl halides is 6. The Morgan fingerprint density at radius 2 is 1.18 bits per heavy atom. The molecule has 14 heteroatoms. The number of esters is 1. The molecule has 0 radical (unpaired) electrons. The van der Waals surface area contributed by atoms with Gasteiger partial charge in [-0.3, -0.25) is 0 Å². The molecule has 0 spiro atoms. The Hall–Kier alpha value is -3.65. The quantitative estimate of drug-likeness (QED) is 0.132. The largest absolute Gasteiger partial charge is 0.488 e. The van der Waals surface area contributed by atoms with Crippen LogP contribution in [0.15, 0.2) is 87.8 Å². The predicted octanol–water partition coefficient (Wildman–Crippen LogP) is 10.5. The van der Waals surface area contributed by atoms with Gasteiger partial charge in [-0.05, 0) is 52.2 Å².